The van der Waals surface area contributed by atoms with Gasteiger partial charge in [-0.15, -0.1) is 21.5 Å². The topological polar surface area (TPSA) is 98.1 Å². The highest BCUT2D eigenvalue weighted by molar-refractivity contribution is 7.10. The van der Waals surface area contributed by atoms with E-state index >= 15 is 0 Å². The minimum absolute atomic E-state index is 0.0658. The maximum atomic E-state index is 12.6. The van der Waals surface area contributed by atoms with Gasteiger partial charge in [0.2, 0.25) is 0 Å². The van der Waals surface area contributed by atoms with Crippen LogP contribution in [0.4, 0.5) is 10.5 Å². The molecular formula is C20H21N5O3S. The monoisotopic (exact) mass is 411 g/mol. The molecule has 0 saturated carbocycles. The number of anilines is 1. The average molecular weight is 411 g/mol. The first kappa shape index (κ1) is 19.1. The van der Waals surface area contributed by atoms with Crippen molar-refractivity contribution in [3.05, 3.63) is 52.5 Å². The minimum atomic E-state index is -0.453. The summed E-state index contributed by atoms with van der Waals surface area (Å²) in [6.45, 7) is 0.909. The molecule has 0 aliphatic carbocycles. The summed E-state index contributed by atoms with van der Waals surface area (Å²) in [7, 11) is 1.33. The minimum Gasteiger partial charge on any atom is -0.469 e. The van der Waals surface area contributed by atoms with Gasteiger partial charge in [-0.25, -0.2) is 4.79 Å². The van der Waals surface area contributed by atoms with E-state index in [4.69, 9.17) is 4.74 Å². The Bertz CT molecular complexity index is 1020. The van der Waals surface area contributed by atoms with Gasteiger partial charge in [-0.05, 0) is 30.0 Å². The van der Waals surface area contributed by atoms with Crippen LogP contribution in [0.2, 0.25) is 0 Å². The van der Waals surface area contributed by atoms with E-state index in [2.05, 4.69) is 25.4 Å². The molecule has 1 aliphatic rings. The molecule has 9 heteroatoms. The molecule has 29 heavy (non-hydrogen) atoms. The van der Waals surface area contributed by atoms with Gasteiger partial charge in [0.15, 0.2) is 5.82 Å². The third-order valence-electron chi connectivity index (χ3n) is 4.78. The van der Waals surface area contributed by atoms with Crippen LogP contribution in [0.15, 0.2) is 41.8 Å². The highest BCUT2D eigenvalue weighted by Gasteiger charge is 2.21. The van der Waals surface area contributed by atoms with Gasteiger partial charge in [0.1, 0.15) is 5.82 Å². The molecule has 1 aromatic carbocycles. The van der Waals surface area contributed by atoms with Gasteiger partial charge in [-0.2, -0.15) is 0 Å². The predicted molar refractivity (Wildman–Crippen MR) is 110 cm³/mol. The second kappa shape index (κ2) is 8.44. The summed E-state index contributed by atoms with van der Waals surface area (Å²) in [5, 5.41) is 16.1. The number of esters is 1. The Morgan fingerprint density at radius 3 is 2.97 bits per heavy atom. The number of aryl methyl sites for hydroxylation is 1. The molecule has 0 saturated heterocycles. The summed E-state index contributed by atoms with van der Waals surface area (Å²) in [4.78, 5) is 25.2. The summed E-state index contributed by atoms with van der Waals surface area (Å²) in [6.07, 6.45) is 2.08. The Morgan fingerprint density at radius 1 is 1.28 bits per heavy atom. The molecule has 3 heterocycles. The van der Waals surface area contributed by atoms with E-state index in [0.29, 0.717) is 5.69 Å². The van der Waals surface area contributed by atoms with E-state index in [-0.39, 0.29) is 12.4 Å². The number of hydrogen-bond donors (Lipinski definition) is 2. The second-order valence-electron chi connectivity index (χ2n) is 6.72. The molecule has 0 fully saturated rings. The zero-order valence-corrected chi connectivity index (χ0v) is 16.7. The Hall–Kier alpha value is -3.20. The quantitative estimate of drug-likeness (QED) is 0.606. The third kappa shape index (κ3) is 4.29. The standard InChI is InChI=1S/C20H21N5O3S/c1-28-18(26)12-15(16-7-4-10-29-16)22-20(27)21-14-6-2-5-13(11-14)19-24-23-17-8-3-9-25(17)19/h2,4-7,10-11,15H,3,8-9,12H2,1H3,(H2,21,22,27)/t15-/m0/s1. The summed E-state index contributed by atoms with van der Waals surface area (Å²) < 4.78 is 6.86. The number of aromatic nitrogens is 3. The normalized spacial score (nSPS) is 13.6. The lowest BCUT2D eigenvalue weighted by Gasteiger charge is -2.17. The maximum absolute atomic E-state index is 12.6. The van der Waals surface area contributed by atoms with Crippen molar-refractivity contribution in [2.24, 2.45) is 0 Å². The number of nitrogens with zero attached hydrogens (tertiary/aromatic N) is 3. The lowest BCUT2D eigenvalue weighted by Crippen LogP contribution is -2.33. The Kier molecular flexibility index (Phi) is 5.57. The number of rotatable bonds is 6. The number of carbonyl (C=O) groups is 2. The fraction of sp³-hybridized carbons (Fsp3) is 0.300. The van der Waals surface area contributed by atoms with Crippen molar-refractivity contribution in [1.29, 1.82) is 0 Å². The largest absolute Gasteiger partial charge is 0.469 e. The summed E-state index contributed by atoms with van der Waals surface area (Å²) in [5.74, 6) is 1.42. The number of carbonyl (C=O) groups excluding carboxylic acids is 2. The molecule has 150 valence electrons. The molecule has 3 aromatic rings. The number of fused-ring (bicyclic) bond motifs is 1. The van der Waals surface area contributed by atoms with Crippen LogP contribution in [0.25, 0.3) is 11.4 Å². The molecule has 0 radical (unpaired) electrons. The van der Waals surface area contributed by atoms with Gasteiger partial charge >= 0.3 is 12.0 Å². The number of methoxy groups -OCH3 is 1. The van der Waals surface area contributed by atoms with Crippen molar-refractivity contribution in [3.8, 4) is 11.4 Å². The number of benzene rings is 1. The van der Waals surface area contributed by atoms with Crippen molar-refractivity contribution < 1.29 is 14.3 Å². The number of urea groups is 1. The van der Waals surface area contributed by atoms with Crippen molar-refractivity contribution in [1.82, 2.24) is 20.1 Å². The zero-order chi connectivity index (χ0) is 20.2. The fourth-order valence-electron chi connectivity index (χ4n) is 3.39. The fourth-order valence-corrected chi connectivity index (χ4v) is 4.17. The third-order valence-corrected chi connectivity index (χ3v) is 5.76. The zero-order valence-electron chi connectivity index (χ0n) is 15.9. The second-order valence-corrected chi connectivity index (χ2v) is 7.70. The first-order valence-electron chi connectivity index (χ1n) is 9.34. The van der Waals surface area contributed by atoms with Crippen molar-refractivity contribution in [2.75, 3.05) is 12.4 Å². The van der Waals surface area contributed by atoms with Crippen LogP contribution in [0.5, 0.6) is 0 Å². The number of hydrogen-bond acceptors (Lipinski definition) is 6. The van der Waals surface area contributed by atoms with Crippen molar-refractivity contribution >= 4 is 29.0 Å². The number of amides is 2. The molecule has 2 amide bonds. The number of nitrogens with one attached hydrogen (secondary N) is 2. The number of ether oxygens (including phenoxy) is 1. The van der Waals surface area contributed by atoms with Gasteiger partial charge in [-0.1, -0.05) is 18.2 Å². The maximum Gasteiger partial charge on any atom is 0.319 e. The van der Waals surface area contributed by atoms with E-state index in [1.807, 2.05) is 41.8 Å². The van der Waals surface area contributed by atoms with Crippen LogP contribution in [0.3, 0.4) is 0 Å². The molecule has 8 nitrogen and oxygen atoms in total. The van der Waals surface area contributed by atoms with Crippen LogP contribution in [-0.2, 0) is 22.5 Å². The van der Waals surface area contributed by atoms with Gasteiger partial charge in [-0.3, -0.25) is 4.79 Å². The highest BCUT2D eigenvalue weighted by atomic mass is 32.1. The lowest BCUT2D eigenvalue weighted by molar-refractivity contribution is -0.141. The highest BCUT2D eigenvalue weighted by Crippen LogP contribution is 2.26. The molecule has 4 rings (SSSR count). The summed E-state index contributed by atoms with van der Waals surface area (Å²) in [5.41, 5.74) is 1.53. The van der Waals surface area contributed by atoms with Crippen LogP contribution < -0.4 is 10.6 Å². The van der Waals surface area contributed by atoms with E-state index in [1.54, 1.807) is 0 Å². The molecule has 0 unspecified atom stereocenters. The Morgan fingerprint density at radius 2 is 2.17 bits per heavy atom. The first-order chi connectivity index (χ1) is 14.1. The van der Waals surface area contributed by atoms with E-state index in [0.717, 1.165) is 41.5 Å². The summed E-state index contributed by atoms with van der Waals surface area (Å²) >= 11 is 1.48. The van der Waals surface area contributed by atoms with Crippen molar-refractivity contribution in [2.45, 2.75) is 31.8 Å². The molecule has 2 N–H and O–H groups in total. The van der Waals surface area contributed by atoms with Crippen LogP contribution >= 0.6 is 11.3 Å². The van der Waals surface area contributed by atoms with Gasteiger partial charge < -0.3 is 19.9 Å². The van der Waals surface area contributed by atoms with Gasteiger partial charge in [0.05, 0.1) is 19.6 Å². The van der Waals surface area contributed by atoms with E-state index < -0.39 is 12.1 Å². The molecule has 0 bridgehead atoms. The average Bonchev–Trinajstić information content (AvgIpc) is 3.45. The lowest BCUT2D eigenvalue weighted by atomic mass is 10.1. The Balaban J connectivity index is 1.47. The molecule has 1 atom stereocenters. The first-order valence-corrected chi connectivity index (χ1v) is 10.2. The molecule has 1 aliphatic heterocycles. The Labute approximate surface area is 171 Å². The van der Waals surface area contributed by atoms with Gasteiger partial charge in [0, 0.05) is 29.1 Å². The molecular weight excluding hydrogens is 390 g/mol. The SMILES string of the molecule is COC(=O)C[C@H](NC(=O)Nc1cccc(-c2nnc3n2CCC3)c1)c1cccs1. The predicted octanol–water partition coefficient (Wildman–Crippen LogP) is 3.38. The molecule has 2 aromatic heterocycles. The summed E-state index contributed by atoms with van der Waals surface area (Å²) in [6, 6.07) is 10.4. The smallest absolute Gasteiger partial charge is 0.319 e. The van der Waals surface area contributed by atoms with Crippen molar-refractivity contribution in [3.63, 3.8) is 0 Å². The van der Waals surface area contributed by atoms with E-state index in [1.165, 1.54) is 18.4 Å². The molecule has 0 spiro atoms. The van der Waals surface area contributed by atoms with Crippen LogP contribution in [0, 0.1) is 0 Å². The number of thiophene rings is 1. The van der Waals surface area contributed by atoms with Gasteiger partial charge in [0.25, 0.3) is 0 Å². The van der Waals surface area contributed by atoms with E-state index in [9.17, 15) is 9.59 Å². The van der Waals surface area contributed by atoms with Crippen LogP contribution in [0.1, 0.15) is 29.6 Å². The van der Waals surface area contributed by atoms with Crippen LogP contribution in [-0.4, -0.2) is 33.9 Å².